The zero-order valence-corrected chi connectivity index (χ0v) is 16.0. The molecular formula is C24H17I. The van der Waals surface area contributed by atoms with E-state index in [1.54, 1.807) is 0 Å². The summed E-state index contributed by atoms with van der Waals surface area (Å²) in [5, 5.41) is 5.34. The van der Waals surface area contributed by atoms with Crippen molar-refractivity contribution < 1.29 is 0 Å². The van der Waals surface area contributed by atoms with Crippen molar-refractivity contribution in [3.8, 4) is 11.1 Å². The summed E-state index contributed by atoms with van der Waals surface area (Å²) in [6.07, 6.45) is 6.87. The Balaban J connectivity index is 1.91. The van der Waals surface area contributed by atoms with Gasteiger partial charge in [0.1, 0.15) is 0 Å². The van der Waals surface area contributed by atoms with Gasteiger partial charge in [-0.15, -0.1) is 0 Å². The number of fused-ring (bicyclic) bond motifs is 3. The van der Waals surface area contributed by atoms with Crippen LogP contribution >= 0.6 is 22.6 Å². The third-order valence-corrected chi connectivity index (χ3v) is 6.34. The highest BCUT2D eigenvalue weighted by molar-refractivity contribution is 14.1. The van der Waals surface area contributed by atoms with Gasteiger partial charge < -0.3 is 0 Å². The fourth-order valence-corrected chi connectivity index (χ4v) is 4.98. The van der Waals surface area contributed by atoms with E-state index in [-0.39, 0.29) is 0 Å². The fraction of sp³-hybridized carbons (Fsp3) is 0.0833. The normalized spacial score (nSPS) is 13.3. The molecule has 0 atom stereocenters. The van der Waals surface area contributed by atoms with Gasteiger partial charge in [0.25, 0.3) is 0 Å². The van der Waals surface area contributed by atoms with Crippen LogP contribution in [0.5, 0.6) is 0 Å². The molecule has 5 rings (SSSR count). The van der Waals surface area contributed by atoms with E-state index in [1.165, 1.54) is 47.4 Å². The molecule has 0 fully saturated rings. The van der Waals surface area contributed by atoms with E-state index in [1.807, 2.05) is 0 Å². The van der Waals surface area contributed by atoms with E-state index in [4.69, 9.17) is 0 Å². The molecule has 4 aromatic carbocycles. The number of hydrogen-bond donors (Lipinski definition) is 0. The predicted molar refractivity (Wildman–Crippen MR) is 117 cm³/mol. The summed E-state index contributed by atoms with van der Waals surface area (Å²) in [6, 6.07) is 24.3. The summed E-state index contributed by atoms with van der Waals surface area (Å²) >= 11 is 2.52. The second kappa shape index (κ2) is 5.99. The van der Waals surface area contributed by atoms with Crippen LogP contribution < -0.4 is 0 Å². The van der Waals surface area contributed by atoms with E-state index >= 15 is 0 Å². The molecule has 25 heavy (non-hydrogen) atoms. The van der Waals surface area contributed by atoms with Gasteiger partial charge >= 0.3 is 0 Å². The van der Waals surface area contributed by atoms with Crippen molar-refractivity contribution >= 4 is 50.2 Å². The van der Waals surface area contributed by atoms with Crippen LogP contribution in [0.3, 0.4) is 0 Å². The van der Waals surface area contributed by atoms with Gasteiger partial charge in [-0.3, -0.25) is 0 Å². The van der Waals surface area contributed by atoms with Crippen molar-refractivity contribution in [1.82, 2.24) is 0 Å². The summed E-state index contributed by atoms with van der Waals surface area (Å²) in [5.41, 5.74) is 5.66. The minimum Gasteiger partial charge on any atom is -0.0836 e. The van der Waals surface area contributed by atoms with Crippen molar-refractivity contribution in [3.05, 3.63) is 87.5 Å². The first-order valence-corrected chi connectivity index (χ1v) is 9.79. The molecule has 0 aromatic heterocycles. The fourth-order valence-electron chi connectivity index (χ4n) is 4.00. The van der Waals surface area contributed by atoms with E-state index in [0.717, 1.165) is 12.8 Å². The largest absolute Gasteiger partial charge is 0.0836 e. The Hall–Kier alpha value is -2.13. The van der Waals surface area contributed by atoms with Crippen molar-refractivity contribution in [2.75, 3.05) is 0 Å². The summed E-state index contributed by atoms with van der Waals surface area (Å²) in [6.45, 7) is 0. The molecule has 1 aliphatic rings. The van der Waals surface area contributed by atoms with Gasteiger partial charge in [-0.1, -0.05) is 72.8 Å². The molecule has 4 aromatic rings. The van der Waals surface area contributed by atoms with Gasteiger partial charge in [-0.25, -0.2) is 0 Å². The zero-order chi connectivity index (χ0) is 16.8. The van der Waals surface area contributed by atoms with E-state index in [9.17, 15) is 0 Å². The average molecular weight is 432 g/mol. The van der Waals surface area contributed by atoms with Crippen molar-refractivity contribution in [2.24, 2.45) is 0 Å². The molecule has 0 heterocycles. The quantitative estimate of drug-likeness (QED) is 0.279. The van der Waals surface area contributed by atoms with Crippen LogP contribution in [-0.4, -0.2) is 0 Å². The smallest absolute Gasteiger partial charge is 0.0284 e. The van der Waals surface area contributed by atoms with Crippen LogP contribution in [0.15, 0.2) is 72.8 Å². The first-order valence-electron chi connectivity index (χ1n) is 8.72. The Labute approximate surface area is 161 Å². The molecule has 1 aliphatic carbocycles. The summed E-state index contributed by atoms with van der Waals surface area (Å²) < 4.78 is 1.38. The molecule has 0 amide bonds. The highest BCUT2D eigenvalue weighted by Gasteiger charge is 2.19. The molecule has 0 nitrogen and oxygen atoms in total. The summed E-state index contributed by atoms with van der Waals surface area (Å²) in [4.78, 5) is 0. The lowest BCUT2D eigenvalue weighted by atomic mass is 9.85. The SMILES string of the molecule is Ic1c2c(c(-c3ccc4ccccc4c3)c3ccccc13)CCC=C2. The Bertz CT molecular complexity index is 1150. The standard InChI is InChI=1S/C24H17I/c25-24-21-11-5-3-9-19(21)23(20-10-4-6-12-22(20)24)18-14-13-16-7-1-2-8-17(16)15-18/h1-3,5-9,11-15H,4,10H2. The maximum atomic E-state index is 2.52. The molecule has 0 radical (unpaired) electrons. The van der Waals surface area contributed by atoms with Gasteiger partial charge in [-0.05, 0) is 85.3 Å². The van der Waals surface area contributed by atoms with Gasteiger partial charge in [0, 0.05) is 3.57 Å². The van der Waals surface area contributed by atoms with Gasteiger partial charge in [-0.2, -0.15) is 0 Å². The zero-order valence-electron chi connectivity index (χ0n) is 13.8. The van der Waals surface area contributed by atoms with Crippen molar-refractivity contribution in [2.45, 2.75) is 12.8 Å². The number of halogens is 1. The van der Waals surface area contributed by atoms with Crippen LogP contribution in [-0.2, 0) is 6.42 Å². The number of allylic oxidation sites excluding steroid dienone is 1. The lowest BCUT2D eigenvalue weighted by molar-refractivity contribution is 0.989. The van der Waals surface area contributed by atoms with E-state index in [0.29, 0.717) is 0 Å². The lowest BCUT2D eigenvalue weighted by Gasteiger charge is -2.21. The highest BCUT2D eigenvalue weighted by Crippen LogP contribution is 2.41. The first-order chi connectivity index (χ1) is 12.3. The van der Waals surface area contributed by atoms with Crippen LogP contribution in [0.4, 0.5) is 0 Å². The highest BCUT2D eigenvalue weighted by atomic mass is 127. The second-order valence-corrected chi connectivity index (χ2v) is 7.71. The maximum absolute atomic E-state index is 2.52. The molecule has 0 bridgehead atoms. The first kappa shape index (κ1) is 15.2. The van der Waals surface area contributed by atoms with Gasteiger partial charge in [0.05, 0.1) is 0 Å². The molecule has 0 saturated heterocycles. The Morgan fingerprint density at radius 3 is 2.40 bits per heavy atom. The molecule has 1 heteroatoms. The van der Waals surface area contributed by atoms with Crippen LogP contribution in [0.25, 0.3) is 38.7 Å². The third kappa shape index (κ3) is 2.41. The molecule has 120 valence electrons. The summed E-state index contributed by atoms with van der Waals surface area (Å²) in [7, 11) is 0. The lowest BCUT2D eigenvalue weighted by Crippen LogP contribution is -2.02. The summed E-state index contributed by atoms with van der Waals surface area (Å²) in [5.74, 6) is 0. The minimum atomic E-state index is 1.12. The van der Waals surface area contributed by atoms with Crippen molar-refractivity contribution in [3.63, 3.8) is 0 Å². The second-order valence-electron chi connectivity index (χ2n) is 6.63. The van der Waals surface area contributed by atoms with Gasteiger partial charge in [0.2, 0.25) is 0 Å². The number of hydrogen-bond acceptors (Lipinski definition) is 0. The monoisotopic (exact) mass is 432 g/mol. The van der Waals surface area contributed by atoms with Crippen LogP contribution in [0.1, 0.15) is 17.5 Å². The molecule has 0 unspecified atom stereocenters. The third-order valence-electron chi connectivity index (χ3n) is 5.18. The Morgan fingerprint density at radius 1 is 0.760 bits per heavy atom. The molecule has 0 aliphatic heterocycles. The maximum Gasteiger partial charge on any atom is 0.0284 e. The van der Waals surface area contributed by atoms with E-state index < -0.39 is 0 Å². The van der Waals surface area contributed by atoms with Crippen molar-refractivity contribution in [1.29, 1.82) is 0 Å². The van der Waals surface area contributed by atoms with E-state index in [2.05, 4.69) is 101 Å². The van der Waals surface area contributed by atoms with Gasteiger partial charge in [0.15, 0.2) is 0 Å². The topological polar surface area (TPSA) is 0 Å². The minimum absolute atomic E-state index is 1.12. The number of benzene rings is 4. The van der Waals surface area contributed by atoms with Crippen LogP contribution in [0.2, 0.25) is 0 Å². The Morgan fingerprint density at radius 2 is 1.52 bits per heavy atom. The van der Waals surface area contributed by atoms with Crippen LogP contribution in [0, 0.1) is 3.57 Å². The molecule has 0 spiro atoms. The molecular weight excluding hydrogens is 415 g/mol. The number of rotatable bonds is 1. The molecule has 0 N–H and O–H groups in total. The average Bonchev–Trinajstić information content (AvgIpc) is 2.68. The Kier molecular flexibility index (Phi) is 3.63. The molecule has 0 saturated carbocycles. The predicted octanol–water partition coefficient (Wildman–Crippen LogP) is 7.22.